The van der Waals surface area contributed by atoms with E-state index in [2.05, 4.69) is 34.6 Å². The molecule has 1 atom stereocenters. The second kappa shape index (κ2) is 5.93. The van der Waals surface area contributed by atoms with E-state index in [1.807, 2.05) is 29.8 Å². The standard InChI is InChI=1S/C15H19N5S/c1-3-20-13(8-10(2)19-20)12(18-16)9-15-17-11-6-4-5-7-14(11)21-15/h4-8,12,18H,3,9,16H2,1-2H3. The molecule has 0 saturated heterocycles. The molecule has 0 aliphatic carbocycles. The van der Waals surface area contributed by atoms with Crippen molar-refractivity contribution in [3.05, 3.63) is 46.7 Å². The lowest BCUT2D eigenvalue weighted by Crippen LogP contribution is -2.31. The van der Waals surface area contributed by atoms with Gasteiger partial charge in [-0.3, -0.25) is 16.0 Å². The fourth-order valence-corrected chi connectivity index (χ4v) is 3.54. The van der Waals surface area contributed by atoms with Crippen LogP contribution in [-0.2, 0) is 13.0 Å². The molecule has 0 bridgehead atoms. The largest absolute Gasteiger partial charge is 0.271 e. The van der Waals surface area contributed by atoms with Crippen LogP contribution in [0.15, 0.2) is 30.3 Å². The topological polar surface area (TPSA) is 68.8 Å². The van der Waals surface area contributed by atoms with Gasteiger partial charge in [0.15, 0.2) is 0 Å². The molecule has 0 saturated carbocycles. The minimum absolute atomic E-state index is 0.0201. The number of hydrazine groups is 1. The molecule has 1 aromatic carbocycles. The van der Waals surface area contributed by atoms with Crippen molar-refractivity contribution >= 4 is 21.6 Å². The SMILES string of the molecule is CCn1nc(C)cc1C(Cc1nc2ccccc2s1)NN. The van der Waals surface area contributed by atoms with Crippen LogP contribution in [0.4, 0.5) is 0 Å². The average Bonchev–Trinajstić information content (AvgIpc) is 3.07. The molecule has 1 unspecified atom stereocenters. The van der Waals surface area contributed by atoms with E-state index in [1.54, 1.807) is 11.3 Å². The molecule has 2 heterocycles. The summed E-state index contributed by atoms with van der Waals surface area (Å²) in [4.78, 5) is 4.68. The lowest BCUT2D eigenvalue weighted by atomic mass is 10.1. The zero-order chi connectivity index (χ0) is 14.8. The van der Waals surface area contributed by atoms with E-state index in [0.29, 0.717) is 0 Å². The predicted molar refractivity (Wildman–Crippen MR) is 86.0 cm³/mol. The summed E-state index contributed by atoms with van der Waals surface area (Å²) in [6.07, 6.45) is 0.765. The fourth-order valence-electron chi connectivity index (χ4n) is 2.53. The van der Waals surface area contributed by atoms with Gasteiger partial charge in [0.2, 0.25) is 0 Å². The number of thiazole rings is 1. The first-order valence-electron chi connectivity index (χ1n) is 7.06. The van der Waals surface area contributed by atoms with Gasteiger partial charge in [0, 0.05) is 13.0 Å². The molecule has 3 rings (SSSR count). The van der Waals surface area contributed by atoms with Crippen molar-refractivity contribution in [2.45, 2.75) is 32.9 Å². The predicted octanol–water partition coefficient (Wildman–Crippen LogP) is 2.57. The van der Waals surface area contributed by atoms with E-state index in [9.17, 15) is 0 Å². The molecular formula is C15H19N5S. The second-order valence-corrected chi connectivity index (χ2v) is 6.14. The second-order valence-electron chi connectivity index (χ2n) is 5.03. The number of rotatable bonds is 5. The number of fused-ring (bicyclic) bond motifs is 1. The number of benzene rings is 1. The van der Waals surface area contributed by atoms with Crippen molar-refractivity contribution in [2.75, 3.05) is 0 Å². The number of nitrogens with zero attached hydrogens (tertiary/aromatic N) is 3. The quantitative estimate of drug-likeness (QED) is 0.561. The van der Waals surface area contributed by atoms with Gasteiger partial charge in [-0.2, -0.15) is 5.10 Å². The Labute approximate surface area is 127 Å². The third-order valence-electron chi connectivity index (χ3n) is 3.51. The Hall–Kier alpha value is -1.76. The van der Waals surface area contributed by atoms with Gasteiger partial charge in [-0.15, -0.1) is 11.3 Å². The van der Waals surface area contributed by atoms with Crippen LogP contribution < -0.4 is 11.3 Å². The van der Waals surface area contributed by atoms with Crippen LogP contribution in [0.2, 0.25) is 0 Å². The van der Waals surface area contributed by atoms with Gasteiger partial charge in [-0.25, -0.2) is 4.98 Å². The Bertz CT molecular complexity index is 712. The Morgan fingerprint density at radius 3 is 2.90 bits per heavy atom. The van der Waals surface area contributed by atoms with Gasteiger partial charge in [-0.1, -0.05) is 12.1 Å². The van der Waals surface area contributed by atoms with E-state index in [0.717, 1.165) is 34.9 Å². The minimum atomic E-state index is 0.0201. The number of aryl methyl sites for hydroxylation is 2. The van der Waals surface area contributed by atoms with Crippen LogP contribution in [0.3, 0.4) is 0 Å². The highest BCUT2D eigenvalue weighted by atomic mass is 32.1. The average molecular weight is 301 g/mol. The molecule has 0 aliphatic heterocycles. The van der Waals surface area contributed by atoms with Gasteiger partial charge in [0.1, 0.15) is 0 Å². The van der Waals surface area contributed by atoms with Crippen LogP contribution >= 0.6 is 11.3 Å². The van der Waals surface area contributed by atoms with Crippen LogP contribution in [0, 0.1) is 6.92 Å². The molecule has 0 aliphatic rings. The number of nitrogens with one attached hydrogen (secondary N) is 1. The van der Waals surface area contributed by atoms with E-state index in [4.69, 9.17) is 5.84 Å². The highest BCUT2D eigenvalue weighted by Crippen LogP contribution is 2.26. The van der Waals surface area contributed by atoms with Crippen molar-refractivity contribution in [3.63, 3.8) is 0 Å². The van der Waals surface area contributed by atoms with Crippen LogP contribution in [0.5, 0.6) is 0 Å². The lowest BCUT2D eigenvalue weighted by molar-refractivity contribution is 0.489. The van der Waals surface area contributed by atoms with Crippen molar-refractivity contribution < 1.29 is 0 Å². The molecular weight excluding hydrogens is 282 g/mol. The summed E-state index contributed by atoms with van der Waals surface area (Å²) in [6, 6.07) is 10.3. The van der Waals surface area contributed by atoms with Crippen LogP contribution in [-0.4, -0.2) is 14.8 Å². The van der Waals surface area contributed by atoms with E-state index < -0.39 is 0 Å². The third-order valence-corrected chi connectivity index (χ3v) is 4.57. The zero-order valence-corrected chi connectivity index (χ0v) is 13.0. The Kier molecular flexibility index (Phi) is 4.01. The summed E-state index contributed by atoms with van der Waals surface area (Å²) in [5.41, 5.74) is 6.07. The van der Waals surface area contributed by atoms with Crippen molar-refractivity contribution in [1.29, 1.82) is 0 Å². The van der Waals surface area contributed by atoms with Gasteiger partial charge < -0.3 is 0 Å². The number of para-hydroxylation sites is 1. The first-order valence-corrected chi connectivity index (χ1v) is 7.88. The maximum atomic E-state index is 5.77. The maximum absolute atomic E-state index is 5.77. The number of nitrogens with two attached hydrogens (primary N) is 1. The van der Waals surface area contributed by atoms with Crippen LogP contribution in [0.25, 0.3) is 10.2 Å². The van der Waals surface area contributed by atoms with Crippen molar-refractivity contribution in [1.82, 2.24) is 20.2 Å². The molecule has 0 fully saturated rings. The molecule has 3 N–H and O–H groups in total. The van der Waals surface area contributed by atoms with E-state index in [1.165, 1.54) is 4.70 Å². The summed E-state index contributed by atoms with van der Waals surface area (Å²) in [7, 11) is 0. The highest BCUT2D eigenvalue weighted by Gasteiger charge is 2.18. The van der Waals surface area contributed by atoms with E-state index in [-0.39, 0.29) is 6.04 Å². The minimum Gasteiger partial charge on any atom is -0.271 e. The molecule has 5 nitrogen and oxygen atoms in total. The monoisotopic (exact) mass is 301 g/mol. The number of aromatic nitrogens is 3. The van der Waals surface area contributed by atoms with Gasteiger partial charge >= 0.3 is 0 Å². The molecule has 0 spiro atoms. The first kappa shape index (κ1) is 14.2. The van der Waals surface area contributed by atoms with E-state index >= 15 is 0 Å². The smallest absolute Gasteiger partial charge is 0.0958 e. The van der Waals surface area contributed by atoms with Crippen molar-refractivity contribution in [3.8, 4) is 0 Å². The normalized spacial score (nSPS) is 12.9. The Balaban J connectivity index is 1.89. The molecule has 0 amide bonds. The fraction of sp³-hybridized carbons (Fsp3) is 0.333. The van der Waals surface area contributed by atoms with Gasteiger partial charge in [0.05, 0.1) is 32.7 Å². The van der Waals surface area contributed by atoms with Crippen LogP contribution in [0.1, 0.15) is 29.4 Å². The number of hydrogen-bond donors (Lipinski definition) is 2. The first-order chi connectivity index (χ1) is 10.2. The molecule has 3 aromatic rings. The molecule has 110 valence electrons. The molecule has 0 radical (unpaired) electrons. The highest BCUT2D eigenvalue weighted by molar-refractivity contribution is 7.18. The molecule has 2 aromatic heterocycles. The van der Waals surface area contributed by atoms with Gasteiger partial charge in [-0.05, 0) is 32.0 Å². The van der Waals surface area contributed by atoms with Gasteiger partial charge in [0.25, 0.3) is 0 Å². The summed E-state index contributed by atoms with van der Waals surface area (Å²) < 4.78 is 3.20. The maximum Gasteiger partial charge on any atom is 0.0958 e. The third kappa shape index (κ3) is 2.83. The Morgan fingerprint density at radius 1 is 1.38 bits per heavy atom. The Morgan fingerprint density at radius 2 is 2.19 bits per heavy atom. The molecule has 6 heteroatoms. The summed E-state index contributed by atoms with van der Waals surface area (Å²) in [5, 5.41) is 5.57. The summed E-state index contributed by atoms with van der Waals surface area (Å²) in [5.74, 6) is 5.77. The zero-order valence-electron chi connectivity index (χ0n) is 12.2. The van der Waals surface area contributed by atoms with Crippen molar-refractivity contribution in [2.24, 2.45) is 5.84 Å². The number of hydrogen-bond acceptors (Lipinski definition) is 5. The summed E-state index contributed by atoms with van der Waals surface area (Å²) >= 11 is 1.72. The summed E-state index contributed by atoms with van der Waals surface area (Å²) in [6.45, 7) is 4.92. The molecule has 21 heavy (non-hydrogen) atoms. The lowest BCUT2D eigenvalue weighted by Gasteiger charge is -2.15.